The fraction of sp³-hybridized carbons (Fsp3) is 0.375. The third kappa shape index (κ3) is 4.08. The van der Waals surface area contributed by atoms with Crippen LogP contribution in [0.3, 0.4) is 0 Å². The number of hydrogen-bond donors (Lipinski definition) is 3. The molecular weight excluding hydrogens is 304 g/mol. The van der Waals surface area contributed by atoms with Gasteiger partial charge in [-0.3, -0.25) is 4.79 Å². The summed E-state index contributed by atoms with van der Waals surface area (Å²) in [6, 6.07) is 1.89. The molecule has 0 saturated carbocycles. The summed E-state index contributed by atoms with van der Waals surface area (Å²) in [5.74, 6) is -0.729. The summed E-state index contributed by atoms with van der Waals surface area (Å²) in [6.45, 7) is 0.683. The van der Waals surface area contributed by atoms with E-state index in [0.717, 1.165) is 9.35 Å². The summed E-state index contributed by atoms with van der Waals surface area (Å²) in [6.07, 6.45) is -1.15. The van der Waals surface area contributed by atoms with Crippen LogP contribution in [0.25, 0.3) is 0 Å². The van der Waals surface area contributed by atoms with Gasteiger partial charge in [-0.1, -0.05) is 11.6 Å². The van der Waals surface area contributed by atoms with Crippen LogP contribution in [0.4, 0.5) is 0 Å². The van der Waals surface area contributed by atoms with E-state index >= 15 is 0 Å². The molecule has 84 valence electrons. The van der Waals surface area contributed by atoms with Crippen LogP contribution in [0.2, 0.25) is 4.34 Å². The van der Waals surface area contributed by atoms with E-state index in [9.17, 15) is 4.79 Å². The number of aliphatic hydroxyl groups is 1. The maximum absolute atomic E-state index is 10.5. The fourth-order valence-corrected chi connectivity index (χ4v) is 2.67. The molecule has 1 aromatic heterocycles. The van der Waals surface area contributed by atoms with Crippen LogP contribution in [0.15, 0.2) is 10.5 Å². The van der Waals surface area contributed by atoms with Gasteiger partial charge in [-0.05, 0) is 22.0 Å². The van der Waals surface area contributed by atoms with Crippen molar-refractivity contribution in [1.29, 1.82) is 0 Å². The van der Waals surface area contributed by atoms with Gasteiger partial charge >= 0.3 is 0 Å². The average Bonchev–Trinajstić information content (AvgIpc) is 2.46. The molecule has 0 spiro atoms. The number of nitrogens with two attached hydrogens (primary N) is 1. The van der Waals surface area contributed by atoms with Gasteiger partial charge in [0, 0.05) is 22.4 Å². The summed E-state index contributed by atoms with van der Waals surface area (Å²) in [4.78, 5) is 11.5. The van der Waals surface area contributed by atoms with Crippen LogP contribution in [0.1, 0.15) is 4.88 Å². The number of thiophene rings is 1. The van der Waals surface area contributed by atoms with E-state index in [2.05, 4.69) is 21.2 Å². The Morgan fingerprint density at radius 1 is 1.80 bits per heavy atom. The molecule has 0 aromatic carbocycles. The molecule has 0 fully saturated rings. The number of primary amides is 1. The highest BCUT2D eigenvalue weighted by atomic mass is 79.9. The number of halogens is 2. The first-order valence-electron chi connectivity index (χ1n) is 4.12. The van der Waals surface area contributed by atoms with Gasteiger partial charge in [0.05, 0.1) is 0 Å². The zero-order valence-electron chi connectivity index (χ0n) is 7.67. The molecule has 1 unspecified atom stereocenters. The molecule has 0 saturated heterocycles. The predicted octanol–water partition coefficient (Wildman–Crippen LogP) is 1.10. The third-order valence-electron chi connectivity index (χ3n) is 1.66. The molecule has 4 nitrogen and oxygen atoms in total. The van der Waals surface area contributed by atoms with Gasteiger partial charge in [-0.15, -0.1) is 11.3 Å². The highest BCUT2D eigenvalue weighted by molar-refractivity contribution is 9.10. The highest BCUT2D eigenvalue weighted by Gasteiger charge is 2.10. The quantitative estimate of drug-likeness (QED) is 0.762. The summed E-state index contributed by atoms with van der Waals surface area (Å²) in [5.41, 5.74) is 4.89. The smallest absolute Gasteiger partial charge is 0.247 e. The van der Waals surface area contributed by atoms with Gasteiger partial charge in [-0.25, -0.2) is 0 Å². The lowest BCUT2D eigenvalue weighted by Gasteiger charge is -2.06. The van der Waals surface area contributed by atoms with Gasteiger partial charge in [0.15, 0.2) is 0 Å². The van der Waals surface area contributed by atoms with Gasteiger partial charge < -0.3 is 16.2 Å². The maximum atomic E-state index is 10.5. The molecule has 1 aromatic rings. The zero-order chi connectivity index (χ0) is 11.4. The summed E-state index contributed by atoms with van der Waals surface area (Å²) >= 11 is 10.6. The van der Waals surface area contributed by atoms with Crippen molar-refractivity contribution in [2.24, 2.45) is 5.73 Å². The average molecular weight is 314 g/mol. The largest absolute Gasteiger partial charge is 0.382 e. The van der Waals surface area contributed by atoms with Gasteiger partial charge in [0.25, 0.3) is 0 Å². The van der Waals surface area contributed by atoms with Crippen molar-refractivity contribution < 1.29 is 9.90 Å². The molecule has 0 radical (unpaired) electrons. The van der Waals surface area contributed by atoms with Crippen molar-refractivity contribution >= 4 is 44.8 Å². The van der Waals surface area contributed by atoms with Crippen LogP contribution in [0, 0.1) is 0 Å². The molecular formula is C8H10BrClN2O2S. The Labute approximate surface area is 105 Å². The number of rotatable bonds is 5. The minimum Gasteiger partial charge on any atom is -0.382 e. The highest BCUT2D eigenvalue weighted by Crippen LogP contribution is 2.31. The van der Waals surface area contributed by atoms with Crippen molar-refractivity contribution in [2.45, 2.75) is 12.6 Å². The molecule has 1 amide bonds. The minimum absolute atomic E-state index is 0.141. The summed E-state index contributed by atoms with van der Waals surface area (Å²) < 4.78 is 1.53. The number of carbonyl (C=O) groups excluding carboxylic acids is 1. The van der Waals surface area contributed by atoms with Gasteiger partial charge in [0.2, 0.25) is 5.91 Å². The van der Waals surface area contributed by atoms with Crippen LogP contribution < -0.4 is 11.1 Å². The van der Waals surface area contributed by atoms with Crippen molar-refractivity contribution in [1.82, 2.24) is 5.32 Å². The number of aliphatic hydroxyl groups excluding tert-OH is 1. The molecule has 1 atom stereocenters. The molecule has 0 aliphatic heterocycles. The molecule has 0 aliphatic rings. The molecule has 1 rings (SSSR count). The van der Waals surface area contributed by atoms with Crippen LogP contribution in [-0.2, 0) is 11.3 Å². The van der Waals surface area contributed by atoms with Crippen molar-refractivity contribution in [3.63, 3.8) is 0 Å². The molecule has 15 heavy (non-hydrogen) atoms. The van der Waals surface area contributed by atoms with E-state index < -0.39 is 12.0 Å². The Hall–Kier alpha value is -0.140. The van der Waals surface area contributed by atoms with E-state index in [0.29, 0.717) is 10.9 Å². The lowest BCUT2D eigenvalue weighted by molar-refractivity contribution is -0.125. The Bertz CT molecular complexity index is 339. The first-order valence-corrected chi connectivity index (χ1v) is 6.11. The van der Waals surface area contributed by atoms with Crippen LogP contribution in [-0.4, -0.2) is 23.7 Å². The van der Waals surface area contributed by atoms with Gasteiger partial charge in [-0.2, -0.15) is 0 Å². The lowest BCUT2D eigenvalue weighted by Crippen LogP contribution is -2.37. The van der Waals surface area contributed by atoms with E-state index in [1.54, 1.807) is 0 Å². The normalized spacial score (nSPS) is 12.7. The third-order valence-corrected chi connectivity index (χ3v) is 4.14. The van der Waals surface area contributed by atoms with Crippen LogP contribution in [0.5, 0.6) is 0 Å². The first-order chi connectivity index (χ1) is 7.00. The van der Waals surface area contributed by atoms with E-state index in [4.69, 9.17) is 22.4 Å². The lowest BCUT2D eigenvalue weighted by atomic mass is 10.3. The topological polar surface area (TPSA) is 75.4 Å². The number of amides is 1. The van der Waals surface area contributed by atoms with Crippen molar-refractivity contribution in [3.8, 4) is 0 Å². The number of carbonyl (C=O) groups is 1. The number of nitrogens with one attached hydrogen (secondary N) is 1. The first kappa shape index (κ1) is 12.9. The maximum Gasteiger partial charge on any atom is 0.247 e. The van der Waals surface area contributed by atoms with Crippen LogP contribution >= 0.6 is 38.9 Å². The Kier molecular flexibility index (Phi) is 5.01. The SMILES string of the molecule is NC(=O)C(O)CNCc1cc(Br)c(Cl)s1. The molecule has 0 aliphatic carbocycles. The molecule has 1 heterocycles. The van der Waals surface area contributed by atoms with Gasteiger partial charge in [0.1, 0.15) is 10.4 Å². The second-order valence-electron chi connectivity index (χ2n) is 2.88. The number of hydrogen-bond acceptors (Lipinski definition) is 4. The standard InChI is InChI=1S/C8H10BrClN2O2S/c9-5-1-4(15-7(5)10)2-12-3-6(13)8(11)14/h1,6,12-13H,2-3H2,(H2,11,14). The second kappa shape index (κ2) is 5.81. The minimum atomic E-state index is -1.15. The van der Waals surface area contributed by atoms with Crippen molar-refractivity contribution in [2.75, 3.05) is 6.54 Å². The summed E-state index contributed by atoms with van der Waals surface area (Å²) in [7, 11) is 0. The predicted molar refractivity (Wildman–Crippen MR) is 63.9 cm³/mol. The zero-order valence-corrected chi connectivity index (χ0v) is 10.8. The van der Waals surface area contributed by atoms with E-state index in [1.807, 2.05) is 6.07 Å². The Morgan fingerprint density at radius 3 is 2.93 bits per heavy atom. The molecule has 0 bridgehead atoms. The van der Waals surface area contributed by atoms with Crippen molar-refractivity contribution in [3.05, 3.63) is 19.8 Å². The molecule has 7 heteroatoms. The fourth-order valence-electron chi connectivity index (χ4n) is 0.911. The molecule has 4 N–H and O–H groups in total. The Balaban J connectivity index is 2.35. The van der Waals surface area contributed by atoms with E-state index in [-0.39, 0.29) is 6.54 Å². The second-order valence-corrected chi connectivity index (χ2v) is 5.48. The van der Waals surface area contributed by atoms with E-state index in [1.165, 1.54) is 11.3 Å². The Morgan fingerprint density at radius 2 is 2.47 bits per heavy atom. The summed E-state index contributed by atoms with van der Waals surface area (Å²) in [5, 5.41) is 12.0. The monoisotopic (exact) mass is 312 g/mol.